The van der Waals surface area contributed by atoms with Gasteiger partial charge in [-0.3, -0.25) is 0 Å². The summed E-state index contributed by atoms with van der Waals surface area (Å²) in [4.78, 5) is 2.35. The van der Waals surface area contributed by atoms with Crippen molar-refractivity contribution in [2.45, 2.75) is 0 Å². The second-order valence-corrected chi connectivity index (χ2v) is 17.0. The van der Waals surface area contributed by atoms with Crippen molar-refractivity contribution in [1.29, 1.82) is 0 Å². The summed E-state index contributed by atoms with van der Waals surface area (Å²) in [6, 6.07) is 93.9. The van der Waals surface area contributed by atoms with E-state index in [1.54, 1.807) is 0 Å². The predicted octanol–water partition coefficient (Wildman–Crippen LogP) is 18.2. The highest BCUT2D eigenvalue weighted by Crippen LogP contribution is 2.40. The van der Waals surface area contributed by atoms with E-state index in [9.17, 15) is 0 Å². The molecule has 0 unspecified atom stereocenters. The number of rotatable bonds is 9. The minimum absolute atomic E-state index is 0.897. The van der Waals surface area contributed by atoms with Crippen LogP contribution in [0.15, 0.2) is 265 Å². The second-order valence-electron chi connectivity index (χ2n) is 17.0. The number of anilines is 3. The molecule has 0 spiro atoms. The molecule has 0 saturated heterocycles. The lowest BCUT2D eigenvalue weighted by atomic mass is 9.96. The smallest absolute Gasteiger partial charge is 0.136 e. The zero-order chi connectivity index (χ0) is 43.8. The van der Waals surface area contributed by atoms with E-state index >= 15 is 0 Å². The lowest BCUT2D eigenvalue weighted by Crippen LogP contribution is -2.10. The van der Waals surface area contributed by atoms with Gasteiger partial charge < -0.3 is 9.32 Å². The summed E-state index contributed by atoms with van der Waals surface area (Å²) < 4.78 is 6.26. The van der Waals surface area contributed by atoms with E-state index < -0.39 is 0 Å². The maximum atomic E-state index is 6.26. The normalized spacial score (nSPS) is 11.3. The van der Waals surface area contributed by atoms with Crippen molar-refractivity contribution in [2.24, 2.45) is 0 Å². The molecule has 12 rings (SSSR count). The number of nitrogens with zero attached hydrogens (tertiary/aromatic N) is 1. The average Bonchev–Trinajstić information content (AvgIpc) is 3.78. The molecule has 0 amide bonds. The summed E-state index contributed by atoms with van der Waals surface area (Å²) in [5.74, 6) is 0. The van der Waals surface area contributed by atoms with Gasteiger partial charge in [-0.2, -0.15) is 0 Å². The number of furan rings is 1. The summed E-state index contributed by atoms with van der Waals surface area (Å²) in [7, 11) is 0. The van der Waals surface area contributed by atoms with Gasteiger partial charge in [-0.05, 0) is 150 Å². The maximum Gasteiger partial charge on any atom is 0.136 e. The number of hydrogen-bond acceptors (Lipinski definition) is 2. The monoisotopic (exact) mass is 841 g/mol. The molecule has 0 aliphatic rings. The van der Waals surface area contributed by atoms with Crippen LogP contribution in [-0.4, -0.2) is 0 Å². The third-order valence-electron chi connectivity index (χ3n) is 12.9. The van der Waals surface area contributed by atoms with Gasteiger partial charge in [0.1, 0.15) is 11.2 Å². The topological polar surface area (TPSA) is 16.4 Å². The molecule has 0 fully saturated rings. The number of hydrogen-bond donors (Lipinski definition) is 0. The van der Waals surface area contributed by atoms with E-state index in [4.69, 9.17) is 4.42 Å². The van der Waals surface area contributed by atoms with Gasteiger partial charge in [0.2, 0.25) is 0 Å². The van der Waals surface area contributed by atoms with Crippen LogP contribution in [0, 0.1) is 0 Å². The van der Waals surface area contributed by atoms with E-state index in [0.29, 0.717) is 0 Å². The Morgan fingerprint density at radius 1 is 0.212 bits per heavy atom. The Morgan fingerprint density at radius 3 is 1.27 bits per heavy atom. The van der Waals surface area contributed by atoms with Crippen LogP contribution < -0.4 is 4.90 Å². The van der Waals surface area contributed by atoms with Crippen LogP contribution in [0.3, 0.4) is 0 Å². The molecule has 0 aliphatic carbocycles. The molecule has 0 radical (unpaired) electrons. The molecule has 310 valence electrons. The minimum atomic E-state index is 0.897. The summed E-state index contributed by atoms with van der Waals surface area (Å²) in [6.45, 7) is 0. The van der Waals surface area contributed by atoms with Crippen molar-refractivity contribution >= 4 is 49.8 Å². The highest BCUT2D eigenvalue weighted by Gasteiger charge is 2.16. The molecule has 0 bridgehead atoms. The Bertz CT molecular complexity index is 3680. The molecule has 11 aromatic carbocycles. The summed E-state index contributed by atoms with van der Waals surface area (Å²) in [6.07, 6.45) is 0. The standard InChI is InChI=1S/C64H43NO/c1-2-11-44(12-3-1)51-15-8-17-53(39-51)55-19-10-20-60(42-55)65(59-36-31-49(32-37-59)57-33-38-62-61-21-6-7-22-63(61)66-64(62)43-57)58-34-29-47(30-35-58)46-23-25-48(26-24-46)52-16-9-18-54(40-52)56-28-27-45-13-4-5-14-50(45)41-56/h1-43H. The molecule has 0 saturated carbocycles. The Balaban J connectivity index is 0.866. The third kappa shape index (κ3) is 7.51. The number of benzene rings is 11. The van der Waals surface area contributed by atoms with E-state index in [1.807, 2.05) is 12.1 Å². The van der Waals surface area contributed by atoms with Crippen LogP contribution in [0.5, 0.6) is 0 Å². The highest BCUT2D eigenvalue weighted by molar-refractivity contribution is 6.06. The Morgan fingerprint density at radius 2 is 0.621 bits per heavy atom. The summed E-state index contributed by atoms with van der Waals surface area (Å²) >= 11 is 0. The lowest BCUT2D eigenvalue weighted by Gasteiger charge is -2.26. The molecule has 1 aromatic heterocycles. The molecule has 1 heterocycles. The highest BCUT2D eigenvalue weighted by atomic mass is 16.3. The van der Waals surface area contributed by atoms with E-state index in [1.165, 1.54) is 55.3 Å². The molecular weight excluding hydrogens is 799 g/mol. The average molecular weight is 842 g/mol. The van der Waals surface area contributed by atoms with Gasteiger partial charge >= 0.3 is 0 Å². The van der Waals surface area contributed by atoms with Gasteiger partial charge in [0, 0.05) is 27.8 Å². The first-order chi connectivity index (χ1) is 32.7. The zero-order valence-corrected chi connectivity index (χ0v) is 36.2. The van der Waals surface area contributed by atoms with Crippen LogP contribution in [0.2, 0.25) is 0 Å². The zero-order valence-electron chi connectivity index (χ0n) is 36.2. The fraction of sp³-hybridized carbons (Fsp3) is 0. The molecule has 2 nitrogen and oxygen atoms in total. The van der Waals surface area contributed by atoms with E-state index in [2.05, 4.69) is 254 Å². The van der Waals surface area contributed by atoms with Crippen LogP contribution in [-0.2, 0) is 0 Å². The first kappa shape index (κ1) is 38.9. The van der Waals surface area contributed by atoms with Crippen LogP contribution in [0.1, 0.15) is 0 Å². The Hall–Kier alpha value is -8.72. The lowest BCUT2D eigenvalue weighted by molar-refractivity contribution is 0.669. The summed E-state index contributed by atoms with van der Waals surface area (Å²) in [5.41, 5.74) is 19.2. The van der Waals surface area contributed by atoms with Crippen molar-refractivity contribution in [1.82, 2.24) is 0 Å². The summed E-state index contributed by atoms with van der Waals surface area (Å²) in [5, 5.41) is 4.78. The molecule has 12 aromatic rings. The molecule has 0 N–H and O–H groups in total. The van der Waals surface area contributed by atoms with Crippen molar-refractivity contribution in [3.8, 4) is 66.8 Å². The first-order valence-electron chi connectivity index (χ1n) is 22.5. The van der Waals surface area contributed by atoms with Gasteiger partial charge in [0.25, 0.3) is 0 Å². The quantitative estimate of drug-likeness (QED) is 0.144. The Kier molecular flexibility index (Phi) is 9.89. The maximum absolute atomic E-state index is 6.26. The molecule has 66 heavy (non-hydrogen) atoms. The Labute approximate surface area is 384 Å². The van der Waals surface area contributed by atoms with Gasteiger partial charge in [-0.25, -0.2) is 0 Å². The second kappa shape index (κ2) is 16.8. The van der Waals surface area contributed by atoms with Crippen molar-refractivity contribution < 1.29 is 4.42 Å². The van der Waals surface area contributed by atoms with Crippen LogP contribution >= 0.6 is 0 Å². The van der Waals surface area contributed by atoms with Gasteiger partial charge in [-0.15, -0.1) is 0 Å². The minimum Gasteiger partial charge on any atom is -0.456 e. The third-order valence-corrected chi connectivity index (χ3v) is 12.9. The number of fused-ring (bicyclic) bond motifs is 4. The SMILES string of the molecule is c1ccc(-c2cccc(-c3cccc(N(c4ccc(-c5ccc(-c6cccc(-c7ccc8ccccc8c7)c6)cc5)cc4)c4ccc(-c5ccc6c(c5)oc5ccccc56)cc4)c3)c2)cc1. The van der Waals surface area contributed by atoms with Gasteiger partial charge in [-0.1, -0.05) is 188 Å². The largest absolute Gasteiger partial charge is 0.456 e. The van der Waals surface area contributed by atoms with Crippen molar-refractivity contribution in [3.05, 3.63) is 261 Å². The molecule has 0 aliphatic heterocycles. The molecule has 0 atom stereocenters. The molecular formula is C64H43NO. The van der Waals surface area contributed by atoms with Crippen LogP contribution in [0.25, 0.3) is 99.5 Å². The number of para-hydroxylation sites is 1. The molecule has 2 heteroatoms. The fourth-order valence-corrected chi connectivity index (χ4v) is 9.39. The van der Waals surface area contributed by atoms with Crippen molar-refractivity contribution in [3.63, 3.8) is 0 Å². The van der Waals surface area contributed by atoms with E-state index in [0.717, 1.165) is 61.3 Å². The first-order valence-corrected chi connectivity index (χ1v) is 22.5. The fourth-order valence-electron chi connectivity index (χ4n) is 9.39. The van der Waals surface area contributed by atoms with Crippen LogP contribution in [0.4, 0.5) is 17.1 Å². The van der Waals surface area contributed by atoms with Crippen molar-refractivity contribution in [2.75, 3.05) is 4.90 Å². The predicted molar refractivity (Wildman–Crippen MR) is 279 cm³/mol. The van der Waals surface area contributed by atoms with E-state index in [-0.39, 0.29) is 0 Å². The van der Waals surface area contributed by atoms with Gasteiger partial charge in [0.05, 0.1) is 0 Å². The van der Waals surface area contributed by atoms with Gasteiger partial charge in [0.15, 0.2) is 0 Å².